The Morgan fingerprint density at radius 3 is 2.62 bits per heavy atom. The van der Waals surface area contributed by atoms with Crippen molar-refractivity contribution in [1.82, 2.24) is 9.88 Å². The zero-order valence-electron chi connectivity index (χ0n) is 16.9. The summed E-state index contributed by atoms with van der Waals surface area (Å²) in [7, 11) is 0. The molecule has 1 aliphatic carbocycles. The first kappa shape index (κ1) is 19.6. The first-order valence-corrected chi connectivity index (χ1v) is 11.1. The van der Waals surface area contributed by atoms with Gasteiger partial charge in [-0.3, -0.25) is 0 Å². The molecule has 1 aromatic carbocycles. The van der Waals surface area contributed by atoms with Crippen molar-refractivity contribution in [2.75, 3.05) is 11.9 Å². The molecule has 3 aromatic rings. The van der Waals surface area contributed by atoms with Gasteiger partial charge in [-0.1, -0.05) is 0 Å². The van der Waals surface area contributed by atoms with Gasteiger partial charge in [0.05, 0.1) is 12.6 Å². The van der Waals surface area contributed by atoms with E-state index in [4.69, 9.17) is 4.74 Å². The zero-order valence-corrected chi connectivity index (χ0v) is 17.7. The highest BCUT2D eigenvalue weighted by molar-refractivity contribution is 7.15. The molecular weight excluding hydrogens is 382 g/mol. The van der Waals surface area contributed by atoms with Gasteiger partial charge in [0.1, 0.15) is 10.8 Å². The minimum atomic E-state index is -0.198. The van der Waals surface area contributed by atoms with E-state index in [2.05, 4.69) is 34.5 Å². The largest absolute Gasteiger partial charge is 0.494 e. The van der Waals surface area contributed by atoms with Gasteiger partial charge in [0.25, 0.3) is 0 Å². The highest BCUT2D eigenvalue weighted by Crippen LogP contribution is 2.40. The Kier molecular flexibility index (Phi) is 5.90. The van der Waals surface area contributed by atoms with Crippen LogP contribution in [-0.4, -0.2) is 17.2 Å². The number of hydrogen-bond donors (Lipinski definition) is 2. The Morgan fingerprint density at radius 1 is 1.17 bits per heavy atom. The molecule has 0 aliphatic heterocycles. The second kappa shape index (κ2) is 8.74. The lowest BCUT2D eigenvalue weighted by molar-refractivity contribution is 0.249. The van der Waals surface area contributed by atoms with Crippen molar-refractivity contribution in [3.63, 3.8) is 0 Å². The number of carbonyl (C=O) groups excluding carboxylic acids is 1. The molecule has 2 aromatic heterocycles. The second-order valence-corrected chi connectivity index (χ2v) is 8.38. The molecule has 0 saturated heterocycles. The molecule has 0 spiro atoms. The summed E-state index contributed by atoms with van der Waals surface area (Å²) in [5.74, 6) is 0.799. The van der Waals surface area contributed by atoms with Gasteiger partial charge in [0.2, 0.25) is 0 Å². The third-order valence-corrected chi connectivity index (χ3v) is 6.56. The van der Waals surface area contributed by atoms with Crippen molar-refractivity contribution >= 4 is 23.1 Å². The van der Waals surface area contributed by atoms with E-state index in [1.165, 1.54) is 33.8 Å². The van der Waals surface area contributed by atoms with Gasteiger partial charge >= 0.3 is 6.03 Å². The van der Waals surface area contributed by atoms with E-state index >= 15 is 0 Å². The monoisotopic (exact) mass is 409 g/mol. The van der Waals surface area contributed by atoms with Crippen LogP contribution in [-0.2, 0) is 12.8 Å². The Hall–Kier alpha value is -2.73. The smallest absolute Gasteiger partial charge is 0.319 e. The molecule has 4 rings (SSSR count). The van der Waals surface area contributed by atoms with E-state index in [1.807, 2.05) is 54.7 Å². The van der Waals surface area contributed by atoms with Crippen LogP contribution in [0.25, 0.3) is 5.00 Å². The third kappa shape index (κ3) is 4.32. The number of amides is 2. The Bertz CT molecular complexity index is 961. The molecule has 0 fully saturated rings. The van der Waals surface area contributed by atoms with Gasteiger partial charge in [-0.05, 0) is 81.5 Å². The van der Waals surface area contributed by atoms with E-state index in [-0.39, 0.29) is 12.1 Å². The standard InChI is InChI=1S/C23H27N3O2S/c1-3-28-18-12-10-17(11-13-18)25-23(27)24-16(2)21-19-8-4-5-9-20(19)29-22(21)26-14-6-7-15-26/h6-7,10-16H,3-5,8-9H2,1-2H3,(H2,24,25,27)/t16-/m1/s1. The average molecular weight is 410 g/mol. The van der Waals surface area contributed by atoms with Crippen molar-refractivity contribution in [2.24, 2.45) is 0 Å². The van der Waals surface area contributed by atoms with Gasteiger partial charge in [0.15, 0.2) is 0 Å². The number of carbonyl (C=O) groups is 1. The summed E-state index contributed by atoms with van der Waals surface area (Å²) in [6, 6.07) is 11.2. The average Bonchev–Trinajstić information content (AvgIpc) is 3.37. The number of thiophene rings is 1. The van der Waals surface area contributed by atoms with Crippen molar-refractivity contribution in [3.05, 3.63) is 64.8 Å². The summed E-state index contributed by atoms with van der Waals surface area (Å²) in [5.41, 5.74) is 3.43. The summed E-state index contributed by atoms with van der Waals surface area (Å²) >= 11 is 1.86. The number of rotatable bonds is 6. The van der Waals surface area contributed by atoms with Gasteiger partial charge in [-0.2, -0.15) is 0 Å². The molecule has 6 heteroatoms. The van der Waals surface area contributed by atoms with Crippen molar-refractivity contribution in [1.29, 1.82) is 0 Å². The van der Waals surface area contributed by atoms with Crippen LogP contribution in [0.5, 0.6) is 5.75 Å². The highest BCUT2D eigenvalue weighted by atomic mass is 32.1. The minimum absolute atomic E-state index is 0.0757. The predicted octanol–water partition coefficient (Wildman–Crippen LogP) is 5.70. The van der Waals surface area contributed by atoms with Crippen LogP contribution < -0.4 is 15.4 Å². The first-order chi connectivity index (χ1) is 14.2. The van der Waals surface area contributed by atoms with Gasteiger partial charge < -0.3 is 19.9 Å². The molecule has 5 nitrogen and oxygen atoms in total. The minimum Gasteiger partial charge on any atom is -0.494 e. The molecular formula is C23H27N3O2S. The fourth-order valence-electron chi connectivity index (χ4n) is 3.92. The summed E-state index contributed by atoms with van der Waals surface area (Å²) < 4.78 is 7.62. The maximum Gasteiger partial charge on any atom is 0.319 e. The molecule has 152 valence electrons. The number of urea groups is 1. The maximum atomic E-state index is 12.6. The Balaban J connectivity index is 1.51. The van der Waals surface area contributed by atoms with Crippen LogP contribution in [0.2, 0.25) is 0 Å². The van der Waals surface area contributed by atoms with Gasteiger partial charge in [-0.15, -0.1) is 11.3 Å². The Labute approximate surface area is 175 Å². The molecule has 2 N–H and O–H groups in total. The van der Waals surface area contributed by atoms with E-state index in [9.17, 15) is 4.79 Å². The van der Waals surface area contributed by atoms with Crippen LogP contribution in [0.15, 0.2) is 48.8 Å². The zero-order chi connectivity index (χ0) is 20.2. The lowest BCUT2D eigenvalue weighted by atomic mass is 9.93. The van der Waals surface area contributed by atoms with Crippen LogP contribution in [0.3, 0.4) is 0 Å². The topological polar surface area (TPSA) is 55.3 Å². The summed E-state index contributed by atoms with van der Waals surface area (Å²) in [5, 5.41) is 7.28. The number of anilines is 1. The van der Waals surface area contributed by atoms with Crippen LogP contribution in [0.1, 0.15) is 48.7 Å². The molecule has 2 heterocycles. The molecule has 2 amide bonds. The van der Waals surface area contributed by atoms with Crippen molar-refractivity contribution in [3.8, 4) is 10.8 Å². The number of fused-ring (bicyclic) bond motifs is 1. The van der Waals surface area contributed by atoms with Crippen LogP contribution in [0.4, 0.5) is 10.5 Å². The van der Waals surface area contributed by atoms with E-state index in [0.717, 1.165) is 24.3 Å². The predicted molar refractivity (Wildman–Crippen MR) is 118 cm³/mol. The number of benzene rings is 1. The quantitative estimate of drug-likeness (QED) is 0.549. The molecule has 0 saturated carbocycles. The number of aromatic nitrogens is 1. The maximum absolute atomic E-state index is 12.6. The number of nitrogens with zero attached hydrogens (tertiary/aromatic N) is 1. The molecule has 0 unspecified atom stereocenters. The van der Waals surface area contributed by atoms with E-state index in [1.54, 1.807) is 0 Å². The SMILES string of the molecule is CCOc1ccc(NC(=O)N[C@H](C)c2c(-n3cccc3)sc3c2CCCC3)cc1. The van der Waals surface area contributed by atoms with Crippen molar-refractivity contribution in [2.45, 2.75) is 45.6 Å². The fourth-order valence-corrected chi connectivity index (χ4v) is 5.37. The summed E-state index contributed by atoms with van der Waals surface area (Å²) in [6.45, 7) is 4.65. The lowest BCUT2D eigenvalue weighted by Crippen LogP contribution is -2.32. The summed E-state index contributed by atoms with van der Waals surface area (Å²) in [6.07, 6.45) is 8.85. The molecule has 0 bridgehead atoms. The Morgan fingerprint density at radius 2 is 1.90 bits per heavy atom. The lowest BCUT2D eigenvalue weighted by Gasteiger charge is -2.20. The highest BCUT2D eigenvalue weighted by Gasteiger charge is 2.25. The van der Waals surface area contributed by atoms with Gasteiger partial charge in [0, 0.05) is 28.5 Å². The number of nitrogens with one attached hydrogen (secondary N) is 2. The normalized spacial score (nSPS) is 14.1. The third-order valence-electron chi connectivity index (χ3n) is 5.24. The van der Waals surface area contributed by atoms with E-state index in [0.29, 0.717) is 6.61 Å². The molecule has 1 aliphatic rings. The van der Waals surface area contributed by atoms with Gasteiger partial charge in [-0.25, -0.2) is 4.79 Å². The summed E-state index contributed by atoms with van der Waals surface area (Å²) in [4.78, 5) is 14.1. The molecule has 1 atom stereocenters. The van der Waals surface area contributed by atoms with Crippen LogP contribution >= 0.6 is 11.3 Å². The first-order valence-electron chi connectivity index (χ1n) is 10.2. The number of hydrogen-bond acceptors (Lipinski definition) is 3. The fraction of sp³-hybridized carbons (Fsp3) is 0.348. The number of aryl methyl sites for hydroxylation is 1. The van der Waals surface area contributed by atoms with Crippen molar-refractivity contribution < 1.29 is 9.53 Å². The van der Waals surface area contributed by atoms with E-state index < -0.39 is 0 Å². The van der Waals surface area contributed by atoms with Crippen LogP contribution in [0, 0.1) is 0 Å². The molecule has 0 radical (unpaired) electrons. The molecule has 29 heavy (non-hydrogen) atoms. The second-order valence-electron chi connectivity index (χ2n) is 7.30. The number of ether oxygens (including phenoxy) is 1.